The highest BCUT2D eigenvalue weighted by atomic mass is 79.9. The first kappa shape index (κ1) is 17.3. The van der Waals surface area contributed by atoms with Crippen molar-refractivity contribution in [2.75, 3.05) is 0 Å². The zero-order chi connectivity index (χ0) is 18.1. The Balaban J connectivity index is 1.57. The van der Waals surface area contributed by atoms with Crippen LogP contribution in [0.4, 0.5) is 0 Å². The van der Waals surface area contributed by atoms with Gasteiger partial charge in [-0.15, -0.1) is 5.10 Å². The van der Waals surface area contributed by atoms with Crippen molar-refractivity contribution in [1.82, 2.24) is 15.2 Å². The van der Waals surface area contributed by atoms with Crippen molar-refractivity contribution >= 4 is 50.3 Å². The standard InChI is InChI=1S/C18H11BrClN3O2S/c19-12-3-6-14-11(7-16(24)25-15(14)8-12)9-26-18-21-17(22-23-18)10-1-4-13(20)5-2-10/h1-8H,9H2,(H,21,22,23). The fraction of sp³-hybridized carbons (Fsp3) is 0.0556. The molecule has 0 amide bonds. The van der Waals surface area contributed by atoms with Crippen LogP contribution in [-0.2, 0) is 5.75 Å². The van der Waals surface area contributed by atoms with Gasteiger partial charge in [0, 0.05) is 32.3 Å². The average molecular weight is 449 g/mol. The van der Waals surface area contributed by atoms with Gasteiger partial charge in [0.1, 0.15) is 5.58 Å². The molecule has 26 heavy (non-hydrogen) atoms. The summed E-state index contributed by atoms with van der Waals surface area (Å²) in [6.45, 7) is 0. The Morgan fingerprint density at radius 1 is 1.15 bits per heavy atom. The summed E-state index contributed by atoms with van der Waals surface area (Å²) in [5.41, 5.74) is 1.97. The van der Waals surface area contributed by atoms with Crippen LogP contribution in [-0.4, -0.2) is 15.2 Å². The number of fused-ring (bicyclic) bond motifs is 1. The third kappa shape index (κ3) is 3.70. The lowest BCUT2D eigenvalue weighted by Crippen LogP contribution is -1.99. The highest BCUT2D eigenvalue weighted by molar-refractivity contribution is 9.10. The Kier molecular flexibility index (Phi) is 4.84. The highest BCUT2D eigenvalue weighted by Crippen LogP contribution is 2.27. The van der Waals surface area contributed by atoms with E-state index >= 15 is 0 Å². The van der Waals surface area contributed by atoms with Crippen molar-refractivity contribution in [2.45, 2.75) is 10.9 Å². The molecule has 0 aliphatic rings. The number of aromatic amines is 1. The van der Waals surface area contributed by atoms with E-state index in [0.29, 0.717) is 27.3 Å². The molecule has 0 aliphatic carbocycles. The third-order valence-corrected chi connectivity index (χ3v) is 5.37. The smallest absolute Gasteiger partial charge is 0.336 e. The van der Waals surface area contributed by atoms with Crippen LogP contribution in [0.2, 0.25) is 5.02 Å². The minimum Gasteiger partial charge on any atom is -0.423 e. The Hall–Kier alpha value is -2.09. The van der Waals surface area contributed by atoms with Crippen LogP contribution < -0.4 is 5.63 Å². The van der Waals surface area contributed by atoms with E-state index in [0.717, 1.165) is 21.0 Å². The predicted octanol–water partition coefficient (Wildman–Crippen LogP) is 5.29. The van der Waals surface area contributed by atoms with E-state index in [1.165, 1.54) is 17.8 Å². The Bertz CT molecular complexity index is 1140. The van der Waals surface area contributed by atoms with Gasteiger partial charge >= 0.3 is 5.63 Å². The summed E-state index contributed by atoms with van der Waals surface area (Å²) in [7, 11) is 0. The molecule has 5 nitrogen and oxygen atoms in total. The topological polar surface area (TPSA) is 71.8 Å². The molecule has 8 heteroatoms. The molecule has 0 spiro atoms. The molecule has 0 fully saturated rings. The summed E-state index contributed by atoms with van der Waals surface area (Å²) in [6, 6.07) is 14.5. The Morgan fingerprint density at radius 2 is 1.96 bits per heavy atom. The number of rotatable bonds is 4. The van der Waals surface area contributed by atoms with Gasteiger partial charge in [0.2, 0.25) is 5.16 Å². The normalized spacial score (nSPS) is 11.2. The molecule has 4 rings (SSSR count). The van der Waals surface area contributed by atoms with Gasteiger partial charge < -0.3 is 4.42 Å². The van der Waals surface area contributed by atoms with Crippen molar-refractivity contribution in [2.24, 2.45) is 0 Å². The van der Waals surface area contributed by atoms with Crippen LogP contribution in [0, 0.1) is 0 Å². The van der Waals surface area contributed by atoms with E-state index in [2.05, 4.69) is 31.1 Å². The predicted molar refractivity (Wildman–Crippen MR) is 107 cm³/mol. The van der Waals surface area contributed by atoms with Gasteiger partial charge in [0.25, 0.3) is 0 Å². The first-order valence-electron chi connectivity index (χ1n) is 7.62. The lowest BCUT2D eigenvalue weighted by atomic mass is 10.1. The maximum Gasteiger partial charge on any atom is 0.336 e. The van der Waals surface area contributed by atoms with Crippen molar-refractivity contribution < 1.29 is 4.42 Å². The van der Waals surface area contributed by atoms with Crippen LogP contribution in [0.5, 0.6) is 0 Å². The number of hydrogen-bond acceptors (Lipinski definition) is 5. The molecular formula is C18H11BrClN3O2S. The fourth-order valence-electron chi connectivity index (χ4n) is 2.51. The quantitative estimate of drug-likeness (QED) is 0.339. The molecule has 1 N–H and O–H groups in total. The second kappa shape index (κ2) is 7.26. The number of nitrogens with one attached hydrogen (secondary N) is 1. The van der Waals surface area contributed by atoms with E-state index in [1.54, 1.807) is 18.2 Å². The van der Waals surface area contributed by atoms with E-state index in [9.17, 15) is 4.79 Å². The number of nitrogens with zero attached hydrogens (tertiary/aromatic N) is 2. The van der Waals surface area contributed by atoms with Gasteiger partial charge in [-0.1, -0.05) is 39.3 Å². The Morgan fingerprint density at radius 3 is 2.77 bits per heavy atom. The number of benzene rings is 2. The van der Waals surface area contributed by atoms with E-state index < -0.39 is 0 Å². The minimum atomic E-state index is -0.372. The van der Waals surface area contributed by atoms with Gasteiger partial charge in [-0.05, 0) is 48.0 Å². The molecule has 0 bridgehead atoms. The molecule has 0 atom stereocenters. The lowest BCUT2D eigenvalue weighted by molar-refractivity contribution is 0.559. The van der Waals surface area contributed by atoms with Gasteiger partial charge in [0.05, 0.1) is 0 Å². The van der Waals surface area contributed by atoms with Gasteiger partial charge in [0.15, 0.2) is 5.82 Å². The van der Waals surface area contributed by atoms with Gasteiger partial charge in [-0.3, -0.25) is 5.10 Å². The van der Waals surface area contributed by atoms with E-state index in [4.69, 9.17) is 16.0 Å². The molecule has 4 aromatic rings. The van der Waals surface area contributed by atoms with Crippen molar-refractivity contribution in [3.63, 3.8) is 0 Å². The number of aromatic nitrogens is 3. The maximum atomic E-state index is 11.8. The molecule has 0 aliphatic heterocycles. The van der Waals surface area contributed by atoms with Gasteiger partial charge in [-0.2, -0.15) is 0 Å². The zero-order valence-electron chi connectivity index (χ0n) is 13.2. The van der Waals surface area contributed by atoms with Crippen LogP contribution in [0.25, 0.3) is 22.4 Å². The SMILES string of the molecule is O=c1cc(CSc2n[nH]c(-c3ccc(Cl)cc3)n2)c2ccc(Br)cc2o1. The summed E-state index contributed by atoms with van der Waals surface area (Å²) in [5.74, 6) is 1.23. The van der Waals surface area contributed by atoms with Crippen molar-refractivity contribution in [1.29, 1.82) is 0 Å². The molecule has 2 aromatic heterocycles. The van der Waals surface area contributed by atoms with Gasteiger partial charge in [-0.25, -0.2) is 9.78 Å². The number of thioether (sulfide) groups is 1. The molecular weight excluding hydrogens is 438 g/mol. The molecule has 0 saturated carbocycles. The van der Waals surface area contributed by atoms with E-state index in [1.807, 2.05) is 24.3 Å². The van der Waals surface area contributed by atoms with Crippen molar-refractivity contribution in [3.8, 4) is 11.4 Å². The largest absolute Gasteiger partial charge is 0.423 e. The third-order valence-electron chi connectivity index (χ3n) is 3.73. The van der Waals surface area contributed by atoms with Crippen LogP contribution in [0.3, 0.4) is 0 Å². The molecule has 130 valence electrons. The summed E-state index contributed by atoms with van der Waals surface area (Å²) >= 11 is 10.7. The lowest BCUT2D eigenvalue weighted by Gasteiger charge is -2.04. The minimum absolute atomic E-state index is 0.372. The summed E-state index contributed by atoms with van der Waals surface area (Å²) in [4.78, 5) is 16.3. The molecule has 0 saturated heterocycles. The Labute approximate surface area is 165 Å². The zero-order valence-corrected chi connectivity index (χ0v) is 16.4. The van der Waals surface area contributed by atoms with E-state index in [-0.39, 0.29) is 5.63 Å². The number of halogens is 2. The first-order chi connectivity index (χ1) is 12.6. The van der Waals surface area contributed by atoms with Crippen LogP contribution >= 0.6 is 39.3 Å². The molecule has 0 radical (unpaired) electrons. The first-order valence-corrected chi connectivity index (χ1v) is 9.77. The molecule has 2 heterocycles. The van der Waals surface area contributed by atoms with Crippen LogP contribution in [0.1, 0.15) is 5.56 Å². The second-order valence-electron chi connectivity index (χ2n) is 5.49. The highest BCUT2D eigenvalue weighted by Gasteiger charge is 2.10. The molecule has 0 unspecified atom stereocenters. The number of H-pyrrole nitrogens is 1. The summed E-state index contributed by atoms with van der Waals surface area (Å²) in [5, 5.41) is 9.33. The maximum absolute atomic E-state index is 11.8. The average Bonchev–Trinajstić information content (AvgIpc) is 3.08. The summed E-state index contributed by atoms with van der Waals surface area (Å²) < 4.78 is 6.12. The molecule has 2 aromatic carbocycles. The van der Waals surface area contributed by atoms with Crippen LogP contribution in [0.15, 0.2) is 67.4 Å². The van der Waals surface area contributed by atoms with Crippen molar-refractivity contribution in [3.05, 3.63) is 74.0 Å². The second-order valence-corrected chi connectivity index (χ2v) is 7.79. The number of hydrogen-bond donors (Lipinski definition) is 1. The monoisotopic (exact) mass is 447 g/mol. The summed E-state index contributed by atoms with van der Waals surface area (Å²) in [6.07, 6.45) is 0. The fourth-order valence-corrected chi connectivity index (χ4v) is 3.77.